The summed E-state index contributed by atoms with van der Waals surface area (Å²) >= 11 is 5.84. The second kappa shape index (κ2) is 8.54. The summed E-state index contributed by atoms with van der Waals surface area (Å²) in [6, 6.07) is 5.54. The first kappa shape index (κ1) is 18.2. The van der Waals surface area contributed by atoms with Crippen LogP contribution in [0.2, 0.25) is 5.02 Å². The average Bonchev–Trinajstić information content (AvgIpc) is 2.43. The number of rotatable bonds is 5. The zero-order valence-electron chi connectivity index (χ0n) is 11.8. The Kier molecular flexibility index (Phi) is 7.39. The molecule has 1 fully saturated rings. The van der Waals surface area contributed by atoms with Crippen LogP contribution < -0.4 is 5.73 Å². The summed E-state index contributed by atoms with van der Waals surface area (Å²) in [5.41, 5.74) is 6.58. The number of piperidine rings is 1. The van der Waals surface area contributed by atoms with E-state index in [-0.39, 0.29) is 23.1 Å². The van der Waals surface area contributed by atoms with E-state index in [9.17, 15) is 10.1 Å². The Balaban J connectivity index is 0.00000220. The zero-order chi connectivity index (χ0) is 14.5. The summed E-state index contributed by atoms with van der Waals surface area (Å²) in [5.74, 6) is 0. The van der Waals surface area contributed by atoms with Crippen LogP contribution in [0.1, 0.15) is 31.2 Å². The second-order valence-corrected chi connectivity index (χ2v) is 5.65. The molecule has 5 nitrogen and oxygen atoms in total. The lowest BCUT2D eigenvalue weighted by atomic mass is 9.98. The molecule has 1 aliphatic heterocycles. The van der Waals surface area contributed by atoms with E-state index in [0.717, 1.165) is 31.5 Å². The number of hydrogen-bond donors (Lipinski definition) is 1. The van der Waals surface area contributed by atoms with Gasteiger partial charge < -0.3 is 5.73 Å². The number of nitrogens with zero attached hydrogens (tertiary/aromatic N) is 2. The van der Waals surface area contributed by atoms with Crippen LogP contribution in [-0.4, -0.2) is 29.0 Å². The molecule has 21 heavy (non-hydrogen) atoms. The summed E-state index contributed by atoms with van der Waals surface area (Å²) in [6.45, 7) is 2.44. The van der Waals surface area contributed by atoms with E-state index in [2.05, 4.69) is 4.90 Å². The minimum atomic E-state index is -0.431. The van der Waals surface area contributed by atoms with Crippen molar-refractivity contribution in [3.63, 3.8) is 0 Å². The Morgan fingerprint density at radius 1 is 1.43 bits per heavy atom. The molecule has 1 heterocycles. The van der Waals surface area contributed by atoms with E-state index in [1.165, 1.54) is 12.8 Å². The lowest BCUT2D eigenvalue weighted by molar-refractivity contribution is -0.384. The van der Waals surface area contributed by atoms with Gasteiger partial charge in [0.05, 0.1) is 4.92 Å². The molecule has 0 radical (unpaired) electrons. The van der Waals surface area contributed by atoms with Gasteiger partial charge in [-0.3, -0.25) is 15.0 Å². The number of benzene rings is 1. The maximum atomic E-state index is 10.9. The Hall–Kier alpha value is -0.880. The van der Waals surface area contributed by atoms with Crippen molar-refractivity contribution in [3.05, 3.63) is 38.9 Å². The van der Waals surface area contributed by atoms with Gasteiger partial charge in [-0.2, -0.15) is 0 Å². The molecule has 0 amide bonds. The Labute approximate surface area is 136 Å². The molecular weight excluding hydrogens is 313 g/mol. The third-order valence-corrected chi connectivity index (χ3v) is 4.16. The fourth-order valence-electron chi connectivity index (χ4n) is 2.82. The molecule has 1 aliphatic rings. The van der Waals surface area contributed by atoms with Gasteiger partial charge in [0, 0.05) is 18.7 Å². The van der Waals surface area contributed by atoms with Gasteiger partial charge >= 0.3 is 0 Å². The van der Waals surface area contributed by atoms with Gasteiger partial charge in [0.2, 0.25) is 0 Å². The standard InChI is InChI=1S/C14H20ClN3O2.ClH/c15-13-5-4-11(9-14(13)18(19)20)10-17-8-2-1-3-12(17)6-7-16;/h4-5,9,12H,1-3,6-8,10,16H2;1H. The molecule has 2 rings (SSSR count). The summed E-state index contributed by atoms with van der Waals surface area (Å²) in [6.07, 6.45) is 4.56. The first-order valence-corrected chi connectivity index (χ1v) is 7.36. The molecule has 7 heteroatoms. The second-order valence-electron chi connectivity index (χ2n) is 5.24. The summed E-state index contributed by atoms with van der Waals surface area (Å²) in [5, 5.41) is 11.1. The van der Waals surface area contributed by atoms with Gasteiger partial charge in [0.15, 0.2) is 0 Å². The fourth-order valence-corrected chi connectivity index (χ4v) is 3.01. The lowest BCUT2D eigenvalue weighted by Crippen LogP contribution is -2.40. The summed E-state index contributed by atoms with van der Waals surface area (Å²) < 4.78 is 0. The van der Waals surface area contributed by atoms with Crippen LogP contribution in [-0.2, 0) is 6.54 Å². The highest BCUT2D eigenvalue weighted by molar-refractivity contribution is 6.32. The highest BCUT2D eigenvalue weighted by Gasteiger charge is 2.22. The fraction of sp³-hybridized carbons (Fsp3) is 0.571. The van der Waals surface area contributed by atoms with Gasteiger partial charge in [0.25, 0.3) is 5.69 Å². The van der Waals surface area contributed by atoms with Crippen molar-refractivity contribution in [2.45, 2.75) is 38.3 Å². The highest BCUT2D eigenvalue weighted by Crippen LogP contribution is 2.27. The van der Waals surface area contributed by atoms with Gasteiger partial charge in [0.1, 0.15) is 5.02 Å². The molecule has 0 saturated carbocycles. The van der Waals surface area contributed by atoms with Crippen LogP contribution >= 0.6 is 24.0 Å². The van der Waals surface area contributed by atoms with Crippen molar-refractivity contribution in [2.24, 2.45) is 5.73 Å². The van der Waals surface area contributed by atoms with E-state index < -0.39 is 4.92 Å². The Bertz CT molecular complexity index is 483. The third kappa shape index (κ3) is 4.81. The van der Waals surface area contributed by atoms with E-state index in [1.54, 1.807) is 12.1 Å². The van der Waals surface area contributed by atoms with E-state index in [4.69, 9.17) is 17.3 Å². The first-order chi connectivity index (χ1) is 9.61. The monoisotopic (exact) mass is 333 g/mol. The number of hydrogen-bond acceptors (Lipinski definition) is 4. The lowest BCUT2D eigenvalue weighted by Gasteiger charge is -2.35. The van der Waals surface area contributed by atoms with Crippen molar-refractivity contribution in [2.75, 3.05) is 13.1 Å². The average molecular weight is 334 g/mol. The van der Waals surface area contributed by atoms with Crippen molar-refractivity contribution < 1.29 is 4.92 Å². The molecular formula is C14H21Cl2N3O2. The SMILES string of the molecule is Cl.NCCC1CCCCN1Cc1ccc(Cl)c([N+](=O)[O-])c1. The molecule has 1 aromatic carbocycles. The van der Waals surface area contributed by atoms with E-state index >= 15 is 0 Å². The predicted octanol–water partition coefficient (Wildman–Crippen LogP) is 3.37. The minimum Gasteiger partial charge on any atom is -0.330 e. The van der Waals surface area contributed by atoms with Crippen LogP contribution in [0.15, 0.2) is 18.2 Å². The summed E-state index contributed by atoms with van der Waals surface area (Å²) in [4.78, 5) is 12.9. The molecule has 0 aromatic heterocycles. The molecule has 1 unspecified atom stereocenters. The van der Waals surface area contributed by atoms with E-state index in [1.807, 2.05) is 6.07 Å². The van der Waals surface area contributed by atoms with Crippen molar-refractivity contribution >= 4 is 29.7 Å². The van der Waals surface area contributed by atoms with Gasteiger partial charge in [-0.1, -0.05) is 24.1 Å². The first-order valence-electron chi connectivity index (χ1n) is 6.98. The maximum Gasteiger partial charge on any atom is 0.288 e. The molecule has 0 aliphatic carbocycles. The van der Waals surface area contributed by atoms with Gasteiger partial charge in [-0.05, 0) is 44.0 Å². The predicted molar refractivity (Wildman–Crippen MR) is 87.1 cm³/mol. The van der Waals surface area contributed by atoms with E-state index in [0.29, 0.717) is 12.6 Å². The molecule has 1 aromatic rings. The van der Waals surface area contributed by atoms with Crippen LogP contribution in [0, 0.1) is 10.1 Å². The van der Waals surface area contributed by atoms with Crippen molar-refractivity contribution in [1.29, 1.82) is 0 Å². The normalized spacial score (nSPS) is 19.0. The van der Waals surface area contributed by atoms with Crippen molar-refractivity contribution in [1.82, 2.24) is 4.90 Å². The van der Waals surface area contributed by atoms with Gasteiger partial charge in [-0.15, -0.1) is 12.4 Å². The largest absolute Gasteiger partial charge is 0.330 e. The Morgan fingerprint density at radius 2 is 2.19 bits per heavy atom. The molecule has 2 N–H and O–H groups in total. The Morgan fingerprint density at radius 3 is 2.86 bits per heavy atom. The number of nitrogens with two attached hydrogens (primary N) is 1. The molecule has 1 saturated heterocycles. The number of likely N-dealkylation sites (tertiary alicyclic amines) is 1. The topological polar surface area (TPSA) is 72.4 Å². The molecule has 0 spiro atoms. The molecule has 118 valence electrons. The van der Waals surface area contributed by atoms with Crippen LogP contribution in [0.4, 0.5) is 5.69 Å². The smallest absolute Gasteiger partial charge is 0.288 e. The zero-order valence-corrected chi connectivity index (χ0v) is 13.4. The van der Waals surface area contributed by atoms with Crippen molar-refractivity contribution in [3.8, 4) is 0 Å². The number of nitro benzene ring substituents is 1. The minimum absolute atomic E-state index is 0. The number of nitro groups is 1. The van der Waals surface area contributed by atoms with Crippen LogP contribution in [0.5, 0.6) is 0 Å². The molecule has 1 atom stereocenters. The third-order valence-electron chi connectivity index (χ3n) is 3.84. The maximum absolute atomic E-state index is 10.9. The number of halogens is 2. The van der Waals surface area contributed by atoms with Crippen LogP contribution in [0.3, 0.4) is 0 Å². The summed E-state index contributed by atoms with van der Waals surface area (Å²) in [7, 11) is 0. The van der Waals surface area contributed by atoms with Gasteiger partial charge in [-0.25, -0.2) is 0 Å². The highest BCUT2D eigenvalue weighted by atomic mass is 35.5. The van der Waals surface area contributed by atoms with Crippen LogP contribution in [0.25, 0.3) is 0 Å². The molecule has 0 bridgehead atoms. The quantitative estimate of drug-likeness (QED) is 0.662.